The van der Waals surface area contributed by atoms with Crippen molar-refractivity contribution in [1.82, 2.24) is 0 Å². The van der Waals surface area contributed by atoms with Gasteiger partial charge in [-0.3, -0.25) is 9.59 Å². The number of rotatable bonds is 7. The summed E-state index contributed by atoms with van der Waals surface area (Å²) in [5, 5.41) is 0. The standard InChI is InChI=1S/C16H15NO4/c1-3-10-20-15(18)12-17(13-16(19)21-11-4-2)14-8-6-5-7-9-14/h1-2,5-9H,10-13H2. The molecule has 0 aromatic heterocycles. The molecule has 0 saturated heterocycles. The van der Waals surface area contributed by atoms with E-state index in [1.54, 1.807) is 24.3 Å². The minimum Gasteiger partial charge on any atom is -0.451 e. The Morgan fingerprint density at radius 3 is 1.86 bits per heavy atom. The lowest BCUT2D eigenvalue weighted by Gasteiger charge is -2.22. The minimum atomic E-state index is -0.526. The number of hydrogen-bond donors (Lipinski definition) is 0. The number of terminal acetylenes is 2. The van der Waals surface area contributed by atoms with E-state index in [2.05, 4.69) is 11.8 Å². The van der Waals surface area contributed by atoms with Crippen LogP contribution >= 0.6 is 0 Å². The van der Waals surface area contributed by atoms with Gasteiger partial charge in [0.2, 0.25) is 0 Å². The highest BCUT2D eigenvalue weighted by Gasteiger charge is 2.16. The zero-order valence-corrected chi connectivity index (χ0v) is 11.5. The lowest BCUT2D eigenvalue weighted by Crippen LogP contribution is -2.36. The van der Waals surface area contributed by atoms with Crippen LogP contribution in [0.5, 0.6) is 0 Å². The largest absolute Gasteiger partial charge is 0.451 e. The Morgan fingerprint density at radius 1 is 0.952 bits per heavy atom. The van der Waals surface area contributed by atoms with E-state index in [1.165, 1.54) is 4.90 Å². The van der Waals surface area contributed by atoms with E-state index in [0.717, 1.165) is 0 Å². The predicted octanol–water partition coefficient (Wildman–Crippen LogP) is 0.846. The van der Waals surface area contributed by atoms with Crippen molar-refractivity contribution in [1.29, 1.82) is 0 Å². The molecule has 5 nitrogen and oxygen atoms in total. The van der Waals surface area contributed by atoms with Gasteiger partial charge < -0.3 is 14.4 Å². The molecule has 108 valence electrons. The Balaban J connectivity index is 2.72. The molecule has 0 bridgehead atoms. The van der Waals surface area contributed by atoms with Crippen LogP contribution in [0.1, 0.15) is 0 Å². The van der Waals surface area contributed by atoms with Gasteiger partial charge in [0, 0.05) is 5.69 Å². The maximum absolute atomic E-state index is 11.6. The molecule has 5 heteroatoms. The highest BCUT2D eigenvalue weighted by Crippen LogP contribution is 2.13. The molecule has 0 saturated carbocycles. The van der Waals surface area contributed by atoms with Crippen molar-refractivity contribution in [2.45, 2.75) is 0 Å². The SMILES string of the molecule is C#CCOC(=O)CN(CC(=O)OCC#C)c1ccccc1. The third kappa shape index (κ3) is 6.17. The molecule has 1 aromatic rings. The maximum Gasteiger partial charge on any atom is 0.326 e. The molecule has 0 fully saturated rings. The predicted molar refractivity (Wildman–Crippen MR) is 78.2 cm³/mol. The summed E-state index contributed by atoms with van der Waals surface area (Å²) in [5.74, 6) is 3.36. The van der Waals surface area contributed by atoms with Crippen molar-refractivity contribution in [2.24, 2.45) is 0 Å². The molecule has 1 rings (SSSR count). The number of hydrogen-bond acceptors (Lipinski definition) is 5. The Labute approximate surface area is 123 Å². The van der Waals surface area contributed by atoms with Gasteiger partial charge in [-0.15, -0.1) is 12.8 Å². The number of carbonyl (C=O) groups excluding carboxylic acids is 2. The molecule has 0 N–H and O–H groups in total. The molecule has 0 aliphatic rings. The Kier molecular flexibility index (Phi) is 6.96. The summed E-state index contributed by atoms with van der Waals surface area (Å²) in [7, 11) is 0. The summed E-state index contributed by atoms with van der Waals surface area (Å²) in [6, 6.07) is 8.95. The minimum absolute atomic E-state index is 0.108. The topological polar surface area (TPSA) is 55.8 Å². The van der Waals surface area contributed by atoms with E-state index in [9.17, 15) is 9.59 Å². The van der Waals surface area contributed by atoms with Crippen LogP contribution in [-0.4, -0.2) is 38.2 Å². The lowest BCUT2D eigenvalue weighted by atomic mass is 10.3. The van der Waals surface area contributed by atoms with E-state index in [4.69, 9.17) is 22.3 Å². The number of ether oxygens (including phenoxy) is 2. The number of para-hydroxylation sites is 1. The molecule has 0 unspecified atom stereocenters. The number of benzene rings is 1. The van der Waals surface area contributed by atoms with Gasteiger partial charge in [0.1, 0.15) is 13.1 Å². The van der Waals surface area contributed by atoms with Crippen molar-refractivity contribution in [2.75, 3.05) is 31.2 Å². The van der Waals surface area contributed by atoms with Crippen molar-refractivity contribution >= 4 is 17.6 Å². The van der Waals surface area contributed by atoms with Crippen LogP contribution in [0.25, 0.3) is 0 Å². The molecule has 0 aliphatic carbocycles. The summed E-state index contributed by atoms with van der Waals surface area (Å²) in [5.41, 5.74) is 0.688. The van der Waals surface area contributed by atoms with Crippen LogP contribution in [0.15, 0.2) is 30.3 Å². The monoisotopic (exact) mass is 285 g/mol. The third-order valence-corrected chi connectivity index (χ3v) is 2.39. The molecule has 0 heterocycles. The summed E-state index contributed by atoms with van der Waals surface area (Å²) >= 11 is 0. The van der Waals surface area contributed by atoms with Gasteiger partial charge in [0.15, 0.2) is 13.2 Å². The molecule has 0 atom stereocenters. The second-order valence-electron chi connectivity index (χ2n) is 3.92. The molecule has 0 amide bonds. The van der Waals surface area contributed by atoms with Crippen molar-refractivity contribution in [3.05, 3.63) is 30.3 Å². The fourth-order valence-corrected chi connectivity index (χ4v) is 1.52. The fourth-order valence-electron chi connectivity index (χ4n) is 1.52. The molecular weight excluding hydrogens is 270 g/mol. The molecule has 0 radical (unpaired) electrons. The van der Waals surface area contributed by atoms with Gasteiger partial charge in [-0.1, -0.05) is 30.0 Å². The van der Waals surface area contributed by atoms with Crippen LogP contribution in [0.4, 0.5) is 5.69 Å². The number of carbonyl (C=O) groups is 2. The number of nitrogens with zero attached hydrogens (tertiary/aromatic N) is 1. The van der Waals surface area contributed by atoms with Gasteiger partial charge in [0.05, 0.1) is 0 Å². The van der Waals surface area contributed by atoms with Crippen molar-refractivity contribution in [3.63, 3.8) is 0 Å². The molecular formula is C16H15NO4. The van der Waals surface area contributed by atoms with E-state index in [1.807, 2.05) is 6.07 Å². The molecule has 21 heavy (non-hydrogen) atoms. The second-order valence-corrected chi connectivity index (χ2v) is 3.92. The third-order valence-electron chi connectivity index (χ3n) is 2.39. The van der Waals surface area contributed by atoms with Gasteiger partial charge in [0.25, 0.3) is 0 Å². The average Bonchev–Trinajstić information content (AvgIpc) is 2.51. The van der Waals surface area contributed by atoms with Gasteiger partial charge in [-0.2, -0.15) is 0 Å². The second kappa shape index (κ2) is 9.06. The quantitative estimate of drug-likeness (QED) is 0.549. The zero-order chi connectivity index (χ0) is 15.5. The lowest BCUT2D eigenvalue weighted by molar-refractivity contribution is -0.141. The summed E-state index contributed by atoms with van der Waals surface area (Å²) in [6.45, 7) is -0.445. The first-order valence-electron chi connectivity index (χ1n) is 6.15. The maximum atomic E-state index is 11.6. The Morgan fingerprint density at radius 2 is 1.43 bits per heavy atom. The fraction of sp³-hybridized carbons (Fsp3) is 0.250. The van der Waals surface area contributed by atoms with Gasteiger partial charge in [-0.05, 0) is 12.1 Å². The van der Waals surface area contributed by atoms with E-state index >= 15 is 0 Å². The number of esters is 2. The first-order valence-corrected chi connectivity index (χ1v) is 6.15. The zero-order valence-electron chi connectivity index (χ0n) is 11.5. The van der Waals surface area contributed by atoms with Crippen molar-refractivity contribution in [3.8, 4) is 24.7 Å². The Hall–Kier alpha value is -2.92. The summed E-state index contributed by atoms with van der Waals surface area (Å²) in [4.78, 5) is 24.8. The normalized spacial score (nSPS) is 9.05. The van der Waals surface area contributed by atoms with Gasteiger partial charge >= 0.3 is 11.9 Å². The van der Waals surface area contributed by atoms with Crippen LogP contribution in [0, 0.1) is 24.7 Å². The van der Waals surface area contributed by atoms with Crippen LogP contribution in [0.2, 0.25) is 0 Å². The highest BCUT2D eigenvalue weighted by atomic mass is 16.5. The van der Waals surface area contributed by atoms with Gasteiger partial charge in [-0.25, -0.2) is 0 Å². The van der Waals surface area contributed by atoms with E-state index < -0.39 is 11.9 Å². The molecule has 1 aromatic carbocycles. The average molecular weight is 285 g/mol. The van der Waals surface area contributed by atoms with Crippen molar-refractivity contribution < 1.29 is 19.1 Å². The van der Waals surface area contributed by atoms with E-state index in [0.29, 0.717) is 5.69 Å². The summed E-state index contributed by atoms with van der Waals surface area (Å²) in [6.07, 6.45) is 10.0. The van der Waals surface area contributed by atoms with Crippen LogP contribution < -0.4 is 4.90 Å². The number of anilines is 1. The van der Waals surface area contributed by atoms with Crippen LogP contribution in [-0.2, 0) is 19.1 Å². The Bertz CT molecular complexity index is 522. The first-order chi connectivity index (χ1) is 10.2. The first kappa shape index (κ1) is 16.1. The molecule has 0 spiro atoms. The van der Waals surface area contributed by atoms with E-state index in [-0.39, 0.29) is 26.3 Å². The smallest absolute Gasteiger partial charge is 0.326 e. The van der Waals surface area contributed by atoms with Crippen LogP contribution in [0.3, 0.4) is 0 Å². The molecule has 0 aliphatic heterocycles. The summed E-state index contributed by atoms with van der Waals surface area (Å²) < 4.78 is 9.61. The highest BCUT2D eigenvalue weighted by molar-refractivity contribution is 5.81.